The van der Waals surface area contributed by atoms with Gasteiger partial charge >= 0.3 is 0 Å². The van der Waals surface area contributed by atoms with Gasteiger partial charge in [-0.2, -0.15) is 0 Å². The largest absolute Gasteiger partial charge is 0.387 e. The first kappa shape index (κ1) is 17.2. The van der Waals surface area contributed by atoms with Crippen molar-refractivity contribution in [3.63, 3.8) is 0 Å². The number of carbonyl (C=O) groups is 1. The number of carbonyl (C=O) groups excluding carboxylic acids is 1. The van der Waals surface area contributed by atoms with E-state index in [-0.39, 0.29) is 13.2 Å². The molecule has 118 valence electrons. The Kier molecular flexibility index (Phi) is 5.83. The van der Waals surface area contributed by atoms with Crippen molar-refractivity contribution >= 4 is 5.91 Å². The Morgan fingerprint density at radius 3 is 2.35 bits per heavy atom. The van der Waals surface area contributed by atoms with Crippen LogP contribution in [0.15, 0.2) is 0 Å². The molecule has 1 saturated heterocycles. The van der Waals surface area contributed by atoms with Crippen molar-refractivity contribution in [1.29, 1.82) is 0 Å². The lowest BCUT2D eigenvalue weighted by Crippen LogP contribution is -2.58. The molecule has 1 aliphatic heterocycles. The second-order valence-corrected chi connectivity index (χ2v) is 5.05. The Bertz CT molecular complexity index is 331. The van der Waals surface area contributed by atoms with Gasteiger partial charge in [0, 0.05) is 6.54 Å². The molecule has 0 radical (unpaired) electrons. The average molecular weight is 295 g/mol. The Labute approximate surface area is 115 Å². The summed E-state index contributed by atoms with van der Waals surface area (Å²) in [6.45, 7) is 2.60. The Morgan fingerprint density at radius 2 is 1.80 bits per heavy atom. The zero-order valence-corrected chi connectivity index (χ0v) is 11.3. The minimum Gasteiger partial charge on any atom is -0.387 e. The van der Waals surface area contributed by atoms with Gasteiger partial charge < -0.3 is 40.3 Å². The smallest absolute Gasteiger partial charge is 0.251 e. The lowest BCUT2D eigenvalue weighted by Gasteiger charge is -2.37. The summed E-state index contributed by atoms with van der Waals surface area (Å²) in [5, 5.41) is 49.2. The lowest BCUT2D eigenvalue weighted by atomic mass is 10.0. The summed E-state index contributed by atoms with van der Waals surface area (Å²) in [5.74, 6) is -0.596. The fourth-order valence-electron chi connectivity index (χ4n) is 1.52. The van der Waals surface area contributed by atoms with Gasteiger partial charge in [-0.3, -0.25) is 4.79 Å². The Balaban J connectivity index is 2.33. The van der Waals surface area contributed by atoms with Gasteiger partial charge in [0.15, 0.2) is 12.6 Å². The summed E-state index contributed by atoms with van der Waals surface area (Å²) < 4.78 is 9.81. The molecule has 6 N–H and O–H groups in total. The van der Waals surface area contributed by atoms with Gasteiger partial charge in [0.25, 0.3) is 5.91 Å². The fourth-order valence-corrected chi connectivity index (χ4v) is 1.52. The van der Waals surface area contributed by atoms with E-state index in [9.17, 15) is 30.3 Å². The summed E-state index contributed by atoms with van der Waals surface area (Å²) in [5.41, 5.74) is -1.52. The topological polar surface area (TPSA) is 149 Å². The van der Waals surface area contributed by atoms with Crippen LogP contribution in [-0.4, -0.2) is 81.1 Å². The maximum Gasteiger partial charge on any atom is 0.251 e. The van der Waals surface area contributed by atoms with Crippen LogP contribution in [0.2, 0.25) is 0 Å². The summed E-state index contributed by atoms with van der Waals surface area (Å²) in [7, 11) is 0. The molecule has 1 heterocycles. The van der Waals surface area contributed by atoms with Crippen LogP contribution in [0, 0.1) is 0 Å². The molecule has 20 heavy (non-hydrogen) atoms. The molecule has 3 unspecified atom stereocenters. The average Bonchev–Trinajstić information content (AvgIpc) is 2.36. The maximum absolute atomic E-state index is 11.3. The van der Waals surface area contributed by atoms with E-state index < -0.39 is 42.4 Å². The van der Waals surface area contributed by atoms with E-state index in [1.807, 2.05) is 0 Å². The highest BCUT2D eigenvalue weighted by Crippen LogP contribution is 2.20. The number of hydrogen-bond donors (Lipinski definition) is 6. The molecule has 1 fully saturated rings. The van der Waals surface area contributed by atoms with E-state index in [0.717, 1.165) is 0 Å². The maximum atomic E-state index is 11.3. The number of aliphatic hydroxyl groups excluding tert-OH is 4. The van der Waals surface area contributed by atoms with E-state index in [4.69, 9.17) is 9.47 Å². The summed E-state index contributed by atoms with van der Waals surface area (Å²) in [4.78, 5) is 11.3. The number of rotatable bonds is 5. The molecule has 5 atom stereocenters. The quantitative estimate of drug-likeness (QED) is 0.288. The molecule has 0 bridgehead atoms. The predicted octanol–water partition coefficient (Wildman–Crippen LogP) is -3.35. The van der Waals surface area contributed by atoms with E-state index in [0.29, 0.717) is 0 Å². The highest BCUT2D eigenvalue weighted by molar-refractivity contribution is 5.83. The molecule has 1 aliphatic rings. The van der Waals surface area contributed by atoms with Crippen LogP contribution in [0.1, 0.15) is 13.8 Å². The van der Waals surface area contributed by atoms with Gasteiger partial charge in [-0.05, 0) is 13.8 Å². The molecule has 0 aromatic rings. The molecule has 0 aromatic carbocycles. The van der Waals surface area contributed by atoms with Crippen LogP contribution < -0.4 is 5.32 Å². The molecule has 0 aromatic heterocycles. The summed E-state index contributed by atoms with van der Waals surface area (Å²) >= 11 is 0. The van der Waals surface area contributed by atoms with Gasteiger partial charge in [0.1, 0.15) is 23.9 Å². The minimum atomic E-state index is -1.68. The van der Waals surface area contributed by atoms with E-state index in [1.165, 1.54) is 13.8 Å². The van der Waals surface area contributed by atoms with Crippen molar-refractivity contribution < 1.29 is 39.8 Å². The monoisotopic (exact) mass is 295 g/mol. The third-order valence-corrected chi connectivity index (χ3v) is 2.77. The molecule has 0 saturated carbocycles. The first-order chi connectivity index (χ1) is 9.14. The third-order valence-electron chi connectivity index (χ3n) is 2.77. The van der Waals surface area contributed by atoms with E-state index in [2.05, 4.69) is 5.32 Å². The summed E-state index contributed by atoms with van der Waals surface area (Å²) in [6.07, 6.45) is -7.76. The standard InChI is InChI=1S/C11H21NO8/c1-11(2,18)10(17)12-3-4-19-9-7(15)5(13)6(14)8(16)20-9/h5-9,13-16,18H,3-4H2,1-2H3,(H,12,17)/t5?,6-,7?,8?,9-/m0/s1. The molecule has 9 nitrogen and oxygen atoms in total. The van der Waals surface area contributed by atoms with Crippen LogP contribution >= 0.6 is 0 Å². The number of aliphatic hydroxyl groups is 5. The SMILES string of the molecule is CC(C)(O)C(=O)NCCO[C@H]1OC(O)[C@@H](O)C(O)C1O. The Morgan fingerprint density at radius 1 is 1.20 bits per heavy atom. The number of hydrogen-bond acceptors (Lipinski definition) is 8. The first-order valence-electron chi connectivity index (χ1n) is 6.14. The van der Waals surface area contributed by atoms with Crippen LogP contribution in [0.5, 0.6) is 0 Å². The first-order valence-corrected chi connectivity index (χ1v) is 6.14. The second kappa shape index (κ2) is 6.76. The van der Waals surface area contributed by atoms with Crippen LogP contribution in [0.3, 0.4) is 0 Å². The summed E-state index contributed by atoms with van der Waals surface area (Å²) in [6, 6.07) is 0. The van der Waals surface area contributed by atoms with Crippen molar-refractivity contribution in [2.45, 2.75) is 50.3 Å². The van der Waals surface area contributed by atoms with Crippen LogP contribution in [-0.2, 0) is 14.3 Å². The van der Waals surface area contributed by atoms with Crippen molar-refractivity contribution in [2.75, 3.05) is 13.2 Å². The van der Waals surface area contributed by atoms with Crippen LogP contribution in [0.25, 0.3) is 0 Å². The van der Waals surface area contributed by atoms with E-state index in [1.54, 1.807) is 0 Å². The van der Waals surface area contributed by atoms with Gasteiger partial charge in [-0.25, -0.2) is 0 Å². The van der Waals surface area contributed by atoms with E-state index >= 15 is 0 Å². The van der Waals surface area contributed by atoms with Crippen molar-refractivity contribution in [3.05, 3.63) is 0 Å². The normalized spacial score (nSPS) is 34.9. The van der Waals surface area contributed by atoms with Crippen LogP contribution in [0.4, 0.5) is 0 Å². The predicted molar refractivity (Wildman–Crippen MR) is 64.2 cm³/mol. The van der Waals surface area contributed by atoms with Gasteiger partial charge in [0.05, 0.1) is 6.61 Å². The second-order valence-electron chi connectivity index (χ2n) is 5.05. The highest BCUT2D eigenvalue weighted by Gasteiger charge is 2.43. The number of nitrogens with one attached hydrogen (secondary N) is 1. The van der Waals surface area contributed by atoms with Crippen molar-refractivity contribution in [3.8, 4) is 0 Å². The van der Waals surface area contributed by atoms with Crippen molar-refractivity contribution in [1.82, 2.24) is 5.32 Å². The highest BCUT2D eigenvalue weighted by atomic mass is 16.7. The zero-order chi connectivity index (χ0) is 15.5. The molecule has 1 amide bonds. The lowest BCUT2D eigenvalue weighted by molar-refractivity contribution is -0.339. The van der Waals surface area contributed by atoms with Gasteiger partial charge in [-0.1, -0.05) is 0 Å². The molecular formula is C11H21NO8. The molecule has 1 rings (SSSR count). The van der Waals surface area contributed by atoms with Crippen molar-refractivity contribution in [2.24, 2.45) is 0 Å². The fraction of sp³-hybridized carbons (Fsp3) is 0.909. The number of amides is 1. The minimum absolute atomic E-state index is 0.0319. The zero-order valence-electron chi connectivity index (χ0n) is 11.3. The molecule has 0 aliphatic carbocycles. The Hall–Kier alpha value is -0.810. The molecule has 0 spiro atoms. The molecule has 9 heteroatoms. The molecular weight excluding hydrogens is 274 g/mol. The van der Waals surface area contributed by atoms with Gasteiger partial charge in [-0.15, -0.1) is 0 Å². The third kappa shape index (κ3) is 4.35. The van der Waals surface area contributed by atoms with Gasteiger partial charge in [0.2, 0.25) is 0 Å². The number of ether oxygens (including phenoxy) is 2.